The van der Waals surface area contributed by atoms with Crippen molar-refractivity contribution in [2.45, 2.75) is 38.3 Å². The van der Waals surface area contributed by atoms with Crippen LogP contribution in [-0.4, -0.2) is 26.3 Å². The fourth-order valence-corrected chi connectivity index (χ4v) is 2.23. The number of rotatable bonds is 1. The molecule has 0 amide bonds. The third kappa shape index (κ3) is 1.97. The van der Waals surface area contributed by atoms with E-state index in [-0.39, 0.29) is 5.79 Å². The summed E-state index contributed by atoms with van der Waals surface area (Å²) in [7, 11) is 1.16. The van der Waals surface area contributed by atoms with Gasteiger partial charge in [0.1, 0.15) is 7.28 Å². The molecule has 2 aliphatic rings. The smallest absolute Gasteiger partial charge is 0.169 e. The second-order valence-corrected chi connectivity index (χ2v) is 3.88. The van der Waals surface area contributed by atoms with Crippen LogP contribution in [0, 0.1) is 0 Å². The van der Waals surface area contributed by atoms with Gasteiger partial charge in [-0.15, -0.1) is 5.98 Å². The lowest BCUT2D eigenvalue weighted by Crippen LogP contribution is -2.33. The summed E-state index contributed by atoms with van der Waals surface area (Å²) >= 11 is 0. The molecule has 1 aliphatic heterocycles. The molecule has 1 spiro atoms. The summed E-state index contributed by atoms with van der Waals surface area (Å²) in [6.07, 6.45) is 4.43. The molecule has 0 aromatic rings. The highest BCUT2D eigenvalue weighted by Gasteiger charge is 2.38. The highest BCUT2D eigenvalue weighted by Crippen LogP contribution is 2.37. The van der Waals surface area contributed by atoms with E-state index in [0.717, 1.165) is 46.2 Å². The van der Waals surface area contributed by atoms with Crippen molar-refractivity contribution < 1.29 is 9.47 Å². The van der Waals surface area contributed by atoms with E-state index in [1.165, 1.54) is 0 Å². The molecule has 13 heavy (non-hydrogen) atoms. The van der Waals surface area contributed by atoms with Gasteiger partial charge in [0.25, 0.3) is 0 Å². The molecule has 0 atom stereocenters. The highest BCUT2D eigenvalue weighted by atomic mass is 16.7. The Morgan fingerprint density at radius 1 is 1.23 bits per heavy atom. The van der Waals surface area contributed by atoms with Crippen molar-refractivity contribution in [2.24, 2.45) is 0 Å². The van der Waals surface area contributed by atoms with Crippen molar-refractivity contribution in [3.8, 4) is 0 Å². The maximum atomic E-state index is 5.66. The summed E-state index contributed by atoms with van der Waals surface area (Å²) in [5, 5.41) is 0. The molecule has 0 radical (unpaired) electrons. The lowest BCUT2D eigenvalue weighted by molar-refractivity contribution is -0.171. The summed E-state index contributed by atoms with van der Waals surface area (Å²) in [4.78, 5) is 0. The van der Waals surface area contributed by atoms with Crippen LogP contribution < -0.4 is 0 Å². The van der Waals surface area contributed by atoms with Crippen LogP contribution >= 0.6 is 0 Å². The molecule has 0 N–H and O–H groups in total. The zero-order valence-corrected chi connectivity index (χ0v) is 8.34. The maximum absolute atomic E-state index is 5.66. The van der Waals surface area contributed by atoms with Gasteiger partial charge in [-0.3, -0.25) is 0 Å². The van der Waals surface area contributed by atoms with Gasteiger partial charge < -0.3 is 9.47 Å². The van der Waals surface area contributed by atoms with E-state index in [1.54, 1.807) is 5.57 Å². The van der Waals surface area contributed by atoms with Gasteiger partial charge in [-0.2, -0.15) is 0 Å². The molecule has 1 heterocycles. The monoisotopic (exact) mass is 180 g/mol. The summed E-state index contributed by atoms with van der Waals surface area (Å²) in [6.45, 7) is 3.76. The Balaban J connectivity index is 1.91. The van der Waals surface area contributed by atoms with Crippen LogP contribution in [-0.2, 0) is 9.47 Å². The van der Waals surface area contributed by atoms with Gasteiger partial charge in [0.2, 0.25) is 0 Å². The standard InChI is InChI=1S/C10H17BO2/c1-11-8-9-2-4-10(5-3-9)12-6-7-13-10/h8,11H,2-7H2,1H3. The lowest BCUT2D eigenvalue weighted by Gasteiger charge is -2.32. The Kier molecular flexibility index (Phi) is 2.75. The van der Waals surface area contributed by atoms with Crippen LogP contribution in [0.5, 0.6) is 0 Å². The van der Waals surface area contributed by atoms with Crippen molar-refractivity contribution in [3.63, 3.8) is 0 Å². The maximum Gasteiger partial charge on any atom is 0.169 e. The fourth-order valence-electron chi connectivity index (χ4n) is 2.23. The molecule has 1 saturated heterocycles. The first-order chi connectivity index (χ1) is 6.35. The van der Waals surface area contributed by atoms with Crippen LogP contribution in [0.1, 0.15) is 25.7 Å². The van der Waals surface area contributed by atoms with Crippen molar-refractivity contribution >= 4 is 7.28 Å². The average molecular weight is 180 g/mol. The number of ether oxygens (including phenoxy) is 2. The van der Waals surface area contributed by atoms with E-state index in [1.807, 2.05) is 0 Å². The minimum atomic E-state index is -0.189. The molecule has 3 heteroatoms. The Hall–Kier alpha value is -0.275. The van der Waals surface area contributed by atoms with E-state index in [2.05, 4.69) is 12.8 Å². The first kappa shape index (κ1) is 9.29. The highest BCUT2D eigenvalue weighted by molar-refractivity contribution is 6.40. The Bertz CT molecular complexity index is 195. The second-order valence-electron chi connectivity index (χ2n) is 3.88. The van der Waals surface area contributed by atoms with E-state index >= 15 is 0 Å². The van der Waals surface area contributed by atoms with E-state index in [9.17, 15) is 0 Å². The molecule has 0 unspecified atom stereocenters. The zero-order chi connectivity index (χ0) is 9.15. The Morgan fingerprint density at radius 3 is 2.38 bits per heavy atom. The molecule has 0 aromatic carbocycles. The summed E-state index contributed by atoms with van der Waals surface area (Å²) in [6, 6.07) is 0. The van der Waals surface area contributed by atoms with Crippen LogP contribution in [0.3, 0.4) is 0 Å². The molecular formula is C10H17BO2. The third-order valence-electron chi connectivity index (χ3n) is 2.96. The van der Waals surface area contributed by atoms with Gasteiger partial charge in [-0.05, 0) is 12.8 Å². The van der Waals surface area contributed by atoms with Gasteiger partial charge >= 0.3 is 0 Å². The largest absolute Gasteiger partial charge is 0.348 e. The normalized spacial score (nSPS) is 26.4. The van der Waals surface area contributed by atoms with Crippen molar-refractivity contribution in [3.05, 3.63) is 11.5 Å². The van der Waals surface area contributed by atoms with Crippen LogP contribution in [0.4, 0.5) is 0 Å². The molecule has 2 rings (SSSR count). The topological polar surface area (TPSA) is 18.5 Å². The average Bonchev–Trinajstić information content (AvgIpc) is 2.59. The van der Waals surface area contributed by atoms with Gasteiger partial charge in [-0.25, -0.2) is 0 Å². The van der Waals surface area contributed by atoms with Crippen molar-refractivity contribution in [1.29, 1.82) is 0 Å². The molecule has 1 aliphatic carbocycles. The lowest BCUT2D eigenvalue weighted by atomic mass is 9.76. The summed E-state index contributed by atoms with van der Waals surface area (Å²) < 4.78 is 11.3. The quantitative estimate of drug-likeness (QED) is 0.571. The minimum absolute atomic E-state index is 0.189. The zero-order valence-electron chi connectivity index (χ0n) is 8.34. The van der Waals surface area contributed by atoms with Crippen molar-refractivity contribution in [1.82, 2.24) is 0 Å². The molecule has 72 valence electrons. The summed E-state index contributed by atoms with van der Waals surface area (Å²) in [5.74, 6) is 2.16. The molecule has 2 nitrogen and oxygen atoms in total. The fraction of sp³-hybridized carbons (Fsp3) is 0.800. The van der Waals surface area contributed by atoms with Gasteiger partial charge in [0.05, 0.1) is 13.2 Å². The molecule has 0 aromatic heterocycles. The van der Waals surface area contributed by atoms with Crippen LogP contribution in [0.15, 0.2) is 11.5 Å². The van der Waals surface area contributed by atoms with Gasteiger partial charge in [-0.1, -0.05) is 12.4 Å². The second kappa shape index (κ2) is 3.85. The third-order valence-corrected chi connectivity index (χ3v) is 2.96. The van der Waals surface area contributed by atoms with E-state index < -0.39 is 0 Å². The predicted molar refractivity (Wildman–Crippen MR) is 54.2 cm³/mol. The van der Waals surface area contributed by atoms with E-state index in [4.69, 9.17) is 9.47 Å². The van der Waals surface area contributed by atoms with Crippen LogP contribution in [0.25, 0.3) is 0 Å². The van der Waals surface area contributed by atoms with Crippen LogP contribution in [0.2, 0.25) is 6.82 Å². The van der Waals surface area contributed by atoms with Crippen molar-refractivity contribution in [2.75, 3.05) is 13.2 Å². The number of hydrogen-bond acceptors (Lipinski definition) is 2. The van der Waals surface area contributed by atoms with Gasteiger partial charge in [0, 0.05) is 12.8 Å². The first-order valence-electron chi connectivity index (χ1n) is 5.30. The predicted octanol–water partition coefficient (Wildman–Crippen LogP) is 1.67. The Morgan fingerprint density at radius 2 is 1.85 bits per heavy atom. The molecule has 1 saturated carbocycles. The molecule has 2 fully saturated rings. The number of allylic oxidation sites excluding steroid dienone is 1. The van der Waals surface area contributed by atoms with Gasteiger partial charge in [0.15, 0.2) is 5.79 Å². The SMILES string of the molecule is CBC=C1CCC2(CC1)OCCO2. The number of hydrogen-bond donors (Lipinski definition) is 0. The first-order valence-corrected chi connectivity index (χ1v) is 5.30. The Labute approximate surface area is 80.5 Å². The minimum Gasteiger partial charge on any atom is -0.348 e. The molecule has 0 bridgehead atoms. The molecular weight excluding hydrogens is 163 g/mol. The van der Waals surface area contributed by atoms with E-state index in [0.29, 0.717) is 0 Å². The summed E-state index contributed by atoms with van der Waals surface area (Å²) in [5.41, 5.74) is 1.59.